The van der Waals surface area contributed by atoms with Crippen molar-refractivity contribution in [1.29, 1.82) is 0 Å². The zero-order valence-corrected chi connectivity index (χ0v) is 19.6. The van der Waals surface area contributed by atoms with Crippen molar-refractivity contribution in [3.8, 4) is 11.4 Å². The van der Waals surface area contributed by atoms with Gasteiger partial charge in [-0.25, -0.2) is 4.79 Å². The Morgan fingerprint density at radius 2 is 1.71 bits per heavy atom. The second kappa shape index (κ2) is 9.48. The van der Waals surface area contributed by atoms with Crippen LogP contribution in [-0.4, -0.2) is 22.1 Å². The highest BCUT2D eigenvalue weighted by molar-refractivity contribution is 5.90. The number of anilines is 1. The Kier molecular flexibility index (Phi) is 6.09. The van der Waals surface area contributed by atoms with E-state index in [9.17, 15) is 4.79 Å². The summed E-state index contributed by atoms with van der Waals surface area (Å²) in [6.07, 6.45) is 3.06. The number of nitrogens with zero attached hydrogens (tertiary/aromatic N) is 2. The predicted octanol–water partition coefficient (Wildman–Crippen LogP) is 6.58. The maximum absolute atomic E-state index is 13.8. The van der Waals surface area contributed by atoms with Crippen LogP contribution in [0.3, 0.4) is 0 Å². The fraction of sp³-hybridized carbons (Fsp3) is 0.207. The third kappa shape index (κ3) is 4.17. The molecule has 4 aromatic rings. The van der Waals surface area contributed by atoms with Gasteiger partial charge in [0, 0.05) is 17.6 Å². The van der Waals surface area contributed by atoms with Crippen molar-refractivity contribution < 1.29 is 9.53 Å². The Hall–Kier alpha value is -3.99. The summed E-state index contributed by atoms with van der Waals surface area (Å²) >= 11 is 0. The van der Waals surface area contributed by atoms with Crippen molar-refractivity contribution in [3.63, 3.8) is 0 Å². The highest BCUT2D eigenvalue weighted by atomic mass is 16.5. The largest absolute Gasteiger partial charge is 0.494 e. The number of fused-ring (bicyclic) bond motifs is 3. The van der Waals surface area contributed by atoms with E-state index >= 15 is 0 Å². The SMILES string of the molecule is CCOc1ccc(NC(=O)N2Cc3ccccc3-n3cccc3[C@@H]2c2ccc(CC)cc2)cc1. The smallest absolute Gasteiger partial charge is 0.322 e. The number of aryl methyl sites for hydroxylation is 1. The van der Waals surface area contributed by atoms with E-state index in [-0.39, 0.29) is 12.1 Å². The summed E-state index contributed by atoms with van der Waals surface area (Å²) in [7, 11) is 0. The molecule has 1 aliphatic heterocycles. The lowest BCUT2D eigenvalue weighted by molar-refractivity contribution is 0.194. The molecular weight excluding hydrogens is 422 g/mol. The van der Waals surface area contributed by atoms with Crippen LogP contribution in [0.1, 0.15) is 42.3 Å². The Morgan fingerprint density at radius 1 is 0.941 bits per heavy atom. The van der Waals surface area contributed by atoms with E-state index in [0.29, 0.717) is 13.2 Å². The molecule has 1 aliphatic rings. The zero-order valence-electron chi connectivity index (χ0n) is 19.6. The van der Waals surface area contributed by atoms with E-state index < -0.39 is 0 Å². The molecule has 2 amide bonds. The third-order valence-corrected chi connectivity index (χ3v) is 6.35. The Bertz CT molecular complexity index is 1280. The Labute approximate surface area is 200 Å². The van der Waals surface area contributed by atoms with Crippen LogP contribution in [-0.2, 0) is 13.0 Å². The number of amides is 2. The lowest BCUT2D eigenvalue weighted by Gasteiger charge is -2.31. The molecule has 0 aliphatic carbocycles. The molecule has 0 radical (unpaired) electrons. The van der Waals surface area contributed by atoms with Crippen LogP contribution in [0.4, 0.5) is 10.5 Å². The molecule has 0 saturated carbocycles. The van der Waals surface area contributed by atoms with Gasteiger partial charge >= 0.3 is 6.03 Å². The molecule has 0 bridgehead atoms. The number of hydrogen-bond donors (Lipinski definition) is 1. The fourth-order valence-electron chi connectivity index (χ4n) is 4.62. The first-order valence-electron chi connectivity index (χ1n) is 11.8. The predicted molar refractivity (Wildman–Crippen MR) is 136 cm³/mol. The molecule has 0 saturated heterocycles. The van der Waals surface area contributed by atoms with E-state index in [1.807, 2.05) is 54.3 Å². The normalized spacial score (nSPS) is 14.6. The van der Waals surface area contributed by atoms with Gasteiger partial charge in [-0.1, -0.05) is 49.4 Å². The van der Waals surface area contributed by atoms with Crippen LogP contribution in [0.5, 0.6) is 5.75 Å². The lowest BCUT2D eigenvalue weighted by Crippen LogP contribution is -2.37. The number of urea groups is 1. The van der Waals surface area contributed by atoms with Crippen LogP contribution in [0.15, 0.2) is 91.1 Å². The highest BCUT2D eigenvalue weighted by Gasteiger charge is 2.33. The van der Waals surface area contributed by atoms with E-state index in [1.54, 1.807) is 0 Å². The standard InChI is InChI=1S/C29H29N3O2/c1-3-21-11-13-22(14-12-21)28-27-10-7-19-31(27)26-9-6-5-8-23(26)20-32(28)29(33)30-24-15-17-25(18-16-24)34-4-2/h5-19,28H,3-4,20H2,1-2H3,(H,30,33)/t28-/m0/s1. The molecule has 0 spiro atoms. The first-order valence-corrected chi connectivity index (χ1v) is 11.8. The van der Waals surface area contributed by atoms with Crippen LogP contribution < -0.4 is 10.1 Å². The topological polar surface area (TPSA) is 46.5 Å². The Balaban J connectivity index is 1.55. The fourth-order valence-corrected chi connectivity index (χ4v) is 4.62. The average Bonchev–Trinajstić information content (AvgIpc) is 3.30. The van der Waals surface area contributed by atoms with Crippen LogP contribution >= 0.6 is 0 Å². The van der Waals surface area contributed by atoms with Crippen molar-refractivity contribution in [2.75, 3.05) is 11.9 Å². The van der Waals surface area contributed by atoms with Crippen LogP contribution in [0, 0.1) is 0 Å². The number of carbonyl (C=O) groups is 1. The van der Waals surface area contributed by atoms with Crippen LogP contribution in [0.2, 0.25) is 0 Å². The van der Waals surface area contributed by atoms with Crippen molar-refractivity contribution >= 4 is 11.7 Å². The van der Waals surface area contributed by atoms with Gasteiger partial charge in [-0.3, -0.25) is 0 Å². The summed E-state index contributed by atoms with van der Waals surface area (Å²) in [5.74, 6) is 0.788. The number of ether oxygens (including phenoxy) is 1. The molecule has 172 valence electrons. The van der Waals surface area contributed by atoms with Crippen molar-refractivity contribution in [3.05, 3.63) is 114 Å². The molecule has 1 aromatic heterocycles. The molecule has 0 fully saturated rings. The third-order valence-electron chi connectivity index (χ3n) is 6.35. The summed E-state index contributed by atoms with van der Waals surface area (Å²) in [5.41, 5.74) is 6.38. The molecule has 34 heavy (non-hydrogen) atoms. The molecule has 0 unspecified atom stereocenters. The maximum atomic E-state index is 13.8. The number of benzene rings is 3. The van der Waals surface area contributed by atoms with E-state index in [2.05, 4.69) is 65.5 Å². The molecule has 2 heterocycles. The molecule has 5 heteroatoms. The molecule has 5 nitrogen and oxygen atoms in total. The van der Waals surface area contributed by atoms with E-state index in [1.165, 1.54) is 5.56 Å². The second-order valence-corrected chi connectivity index (χ2v) is 8.44. The van der Waals surface area contributed by atoms with Crippen molar-refractivity contribution in [2.24, 2.45) is 0 Å². The minimum Gasteiger partial charge on any atom is -0.494 e. The highest BCUT2D eigenvalue weighted by Crippen LogP contribution is 2.37. The van der Waals surface area contributed by atoms with Gasteiger partial charge in [-0.2, -0.15) is 0 Å². The average molecular weight is 452 g/mol. The summed E-state index contributed by atoms with van der Waals surface area (Å²) in [6.45, 7) is 5.22. The number of carbonyl (C=O) groups excluding carboxylic acids is 1. The monoisotopic (exact) mass is 451 g/mol. The van der Waals surface area contributed by atoms with Crippen molar-refractivity contribution in [1.82, 2.24) is 9.47 Å². The van der Waals surface area contributed by atoms with Crippen LogP contribution in [0.25, 0.3) is 5.69 Å². The minimum absolute atomic E-state index is 0.141. The molecule has 3 aromatic carbocycles. The summed E-state index contributed by atoms with van der Waals surface area (Å²) in [5, 5.41) is 3.11. The Morgan fingerprint density at radius 3 is 2.44 bits per heavy atom. The van der Waals surface area contributed by atoms with Gasteiger partial charge < -0.3 is 19.5 Å². The lowest BCUT2D eigenvalue weighted by atomic mass is 10.00. The summed E-state index contributed by atoms with van der Waals surface area (Å²) < 4.78 is 7.74. The van der Waals surface area contributed by atoms with E-state index in [4.69, 9.17) is 4.74 Å². The number of aromatic nitrogens is 1. The number of para-hydroxylation sites is 1. The molecule has 5 rings (SSSR count). The van der Waals surface area contributed by atoms with Gasteiger partial charge in [0.2, 0.25) is 0 Å². The summed E-state index contributed by atoms with van der Waals surface area (Å²) in [4.78, 5) is 15.7. The van der Waals surface area contributed by atoms with Crippen molar-refractivity contribution in [2.45, 2.75) is 32.9 Å². The second-order valence-electron chi connectivity index (χ2n) is 8.44. The molecule has 1 atom stereocenters. The van der Waals surface area contributed by atoms with E-state index in [0.717, 1.165) is 40.4 Å². The molecular formula is C29H29N3O2. The number of rotatable bonds is 5. The minimum atomic E-state index is -0.226. The van der Waals surface area contributed by atoms with Gasteiger partial charge in [0.25, 0.3) is 0 Å². The zero-order chi connectivity index (χ0) is 23.5. The van der Waals surface area contributed by atoms with Gasteiger partial charge in [0.15, 0.2) is 0 Å². The first kappa shape index (κ1) is 21.8. The number of hydrogen-bond acceptors (Lipinski definition) is 2. The first-order chi connectivity index (χ1) is 16.7. The quantitative estimate of drug-likeness (QED) is 0.373. The van der Waals surface area contributed by atoms with Gasteiger partial charge in [0.05, 0.1) is 24.9 Å². The molecule has 1 N–H and O–H groups in total. The maximum Gasteiger partial charge on any atom is 0.322 e. The van der Waals surface area contributed by atoms with Gasteiger partial charge in [0.1, 0.15) is 5.75 Å². The van der Waals surface area contributed by atoms with Gasteiger partial charge in [-0.15, -0.1) is 0 Å². The summed E-state index contributed by atoms with van der Waals surface area (Å²) in [6, 6.07) is 28.2. The van der Waals surface area contributed by atoms with Gasteiger partial charge in [-0.05, 0) is 72.5 Å². The number of nitrogens with one attached hydrogen (secondary N) is 1.